The first-order valence-corrected chi connectivity index (χ1v) is 19.1. The second-order valence-electron chi connectivity index (χ2n) is 15.3. The van der Waals surface area contributed by atoms with Crippen LogP contribution in [0.5, 0.6) is 0 Å². The third-order valence-electron chi connectivity index (χ3n) is 8.95. The number of likely N-dealkylation sites (tertiary alicyclic amines) is 1. The lowest BCUT2D eigenvalue weighted by molar-refractivity contribution is -0.159. The third kappa shape index (κ3) is 8.42. The zero-order chi connectivity index (χ0) is 37.6. The number of benzene rings is 3. The van der Waals surface area contributed by atoms with Gasteiger partial charge in [0.2, 0.25) is 5.95 Å². The van der Waals surface area contributed by atoms with Crippen LogP contribution in [0, 0.1) is 11.2 Å². The van der Waals surface area contributed by atoms with Crippen LogP contribution < -0.4 is 10.0 Å². The SMILES string of the molecule is CC(C)(C)OC(=O)N1CCC(Nc2ncc3cc(-c4cc(NS(=O)(=O)c5cc(Cl)cc6c5CC[C@H]6OC(=O)C(C)(C)C)ccc4F)ccc3n2)CC1. The van der Waals surface area contributed by atoms with Crippen molar-refractivity contribution in [3.05, 3.63) is 76.7 Å². The summed E-state index contributed by atoms with van der Waals surface area (Å²) in [6, 6.07) is 12.3. The van der Waals surface area contributed by atoms with Gasteiger partial charge >= 0.3 is 12.1 Å². The van der Waals surface area contributed by atoms with E-state index in [4.69, 9.17) is 21.1 Å². The lowest BCUT2D eigenvalue weighted by atomic mass is 9.97. The van der Waals surface area contributed by atoms with Gasteiger partial charge in [0.25, 0.3) is 10.0 Å². The van der Waals surface area contributed by atoms with Gasteiger partial charge in [-0.15, -0.1) is 0 Å². The summed E-state index contributed by atoms with van der Waals surface area (Å²) in [5, 5.41) is 4.22. The number of amides is 1. The van der Waals surface area contributed by atoms with Crippen molar-refractivity contribution >= 4 is 56.2 Å². The van der Waals surface area contributed by atoms with Gasteiger partial charge in [-0.3, -0.25) is 9.52 Å². The van der Waals surface area contributed by atoms with Gasteiger partial charge in [0.05, 0.1) is 15.8 Å². The summed E-state index contributed by atoms with van der Waals surface area (Å²) in [5.74, 6) is -0.478. The van der Waals surface area contributed by atoms with Crippen LogP contribution in [0.4, 0.5) is 20.8 Å². The highest BCUT2D eigenvalue weighted by Gasteiger charge is 2.35. The largest absolute Gasteiger partial charge is 0.457 e. The molecule has 2 aliphatic rings. The quantitative estimate of drug-likeness (QED) is 0.179. The van der Waals surface area contributed by atoms with Gasteiger partial charge < -0.3 is 19.7 Å². The van der Waals surface area contributed by atoms with E-state index in [1.807, 2.05) is 20.8 Å². The van der Waals surface area contributed by atoms with Gasteiger partial charge in [-0.1, -0.05) is 17.7 Å². The Labute approximate surface area is 308 Å². The van der Waals surface area contributed by atoms with E-state index in [1.165, 1.54) is 24.3 Å². The van der Waals surface area contributed by atoms with Crippen molar-refractivity contribution in [3.63, 3.8) is 0 Å². The third-order valence-corrected chi connectivity index (χ3v) is 10.6. The number of carbonyl (C=O) groups is 2. The summed E-state index contributed by atoms with van der Waals surface area (Å²) >= 11 is 6.38. The smallest absolute Gasteiger partial charge is 0.410 e. The maximum Gasteiger partial charge on any atom is 0.410 e. The van der Waals surface area contributed by atoms with Gasteiger partial charge in [-0.2, -0.15) is 0 Å². The number of halogens is 2. The Balaban J connectivity index is 1.16. The van der Waals surface area contributed by atoms with E-state index in [2.05, 4.69) is 20.0 Å². The van der Waals surface area contributed by atoms with Crippen LogP contribution in [-0.4, -0.2) is 60.1 Å². The number of fused-ring (bicyclic) bond motifs is 2. The number of hydrogen-bond donors (Lipinski definition) is 2. The van der Waals surface area contributed by atoms with Crippen molar-refractivity contribution in [2.45, 2.75) is 89.9 Å². The van der Waals surface area contributed by atoms with E-state index in [0.29, 0.717) is 72.3 Å². The molecule has 14 heteroatoms. The fraction of sp³-hybridized carbons (Fsp3) is 0.421. The zero-order valence-corrected chi connectivity index (χ0v) is 31.6. The van der Waals surface area contributed by atoms with Crippen LogP contribution in [0.3, 0.4) is 0 Å². The van der Waals surface area contributed by atoms with Crippen LogP contribution in [-0.2, 0) is 30.7 Å². The maximum absolute atomic E-state index is 15.2. The maximum atomic E-state index is 15.2. The Bertz CT molecular complexity index is 2140. The second kappa shape index (κ2) is 14.1. The number of anilines is 2. The predicted molar refractivity (Wildman–Crippen MR) is 198 cm³/mol. The molecule has 1 saturated heterocycles. The number of piperidine rings is 1. The Hall–Kier alpha value is -4.49. The molecular formula is C38H43ClFN5O6S. The molecule has 0 spiro atoms. The number of sulfonamides is 1. The van der Waals surface area contributed by atoms with Crippen LogP contribution in [0.1, 0.15) is 78.0 Å². The minimum atomic E-state index is -4.17. The molecular weight excluding hydrogens is 709 g/mol. The fourth-order valence-corrected chi connectivity index (χ4v) is 7.96. The van der Waals surface area contributed by atoms with Gasteiger partial charge in [-0.05, 0) is 126 Å². The van der Waals surface area contributed by atoms with E-state index in [0.717, 1.165) is 0 Å². The highest BCUT2D eigenvalue weighted by Crippen LogP contribution is 2.41. The van der Waals surface area contributed by atoms with Gasteiger partial charge in [0.15, 0.2) is 0 Å². The highest BCUT2D eigenvalue weighted by molar-refractivity contribution is 7.92. The first kappa shape index (κ1) is 37.3. The average molecular weight is 752 g/mol. The molecule has 6 rings (SSSR count). The number of esters is 1. The van der Waals surface area contributed by atoms with Crippen molar-refractivity contribution in [1.29, 1.82) is 0 Å². The average Bonchev–Trinajstić information content (AvgIpc) is 3.45. The highest BCUT2D eigenvalue weighted by atomic mass is 35.5. The first-order chi connectivity index (χ1) is 24.4. The Kier molecular flexibility index (Phi) is 10.1. The fourth-order valence-electron chi connectivity index (χ4n) is 6.29. The minimum absolute atomic E-state index is 0.0176. The van der Waals surface area contributed by atoms with Crippen molar-refractivity contribution in [3.8, 4) is 11.1 Å². The lowest BCUT2D eigenvalue weighted by Crippen LogP contribution is -2.44. The molecule has 0 saturated carbocycles. The molecule has 52 heavy (non-hydrogen) atoms. The number of carbonyl (C=O) groups excluding carboxylic acids is 2. The van der Waals surface area contributed by atoms with E-state index >= 15 is 4.39 Å². The van der Waals surface area contributed by atoms with Crippen molar-refractivity contribution in [2.24, 2.45) is 5.41 Å². The monoisotopic (exact) mass is 751 g/mol. The minimum Gasteiger partial charge on any atom is -0.457 e. The molecule has 2 heterocycles. The molecule has 1 aromatic heterocycles. The summed E-state index contributed by atoms with van der Waals surface area (Å²) in [5.41, 5.74) is 1.32. The molecule has 1 fully saturated rings. The molecule has 1 atom stereocenters. The van der Waals surface area contributed by atoms with Crippen LogP contribution in [0.25, 0.3) is 22.0 Å². The molecule has 11 nitrogen and oxygen atoms in total. The molecule has 0 bridgehead atoms. The second-order valence-corrected chi connectivity index (χ2v) is 17.4. The summed E-state index contributed by atoms with van der Waals surface area (Å²) in [6.07, 6.45) is 2.96. The molecule has 1 aliphatic heterocycles. The number of hydrogen-bond acceptors (Lipinski definition) is 9. The van der Waals surface area contributed by atoms with Crippen LogP contribution in [0.2, 0.25) is 5.02 Å². The number of aromatic nitrogens is 2. The molecule has 0 unspecified atom stereocenters. The number of nitrogens with zero attached hydrogens (tertiary/aromatic N) is 3. The van der Waals surface area contributed by atoms with Crippen molar-refractivity contribution in [1.82, 2.24) is 14.9 Å². The van der Waals surface area contributed by atoms with E-state index < -0.39 is 38.9 Å². The van der Waals surface area contributed by atoms with E-state index in [9.17, 15) is 18.0 Å². The molecule has 3 aromatic carbocycles. The van der Waals surface area contributed by atoms with Crippen LogP contribution in [0.15, 0.2) is 59.6 Å². The van der Waals surface area contributed by atoms with Crippen molar-refractivity contribution < 1.29 is 31.9 Å². The molecule has 2 N–H and O–H groups in total. The Morgan fingerprint density at radius 1 is 0.981 bits per heavy atom. The molecule has 1 aliphatic carbocycles. The number of rotatable bonds is 7. The number of nitrogens with one attached hydrogen (secondary N) is 2. The predicted octanol–water partition coefficient (Wildman–Crippen LogP) is 8.28. The zero-order valence-electron chi connectivity index (χ0n) is 30.0. The number of ether oxygens (including phenoxy) is 2. The summed E-state index contributed by atoms with van der Waals surface area (Å²) in [7, 11) is -4.17. The van der Waals surface area contributed by atoms with E-state index in [1.54, 1.807) is 56.1 Å². The molecule has 1 amide bonds. The Morgan fingerprint density at radius 2 is 1.71 bits per heavy atom. The standard InChI is InChI=1S/C38H43ClFN5O6S/c1-37(2,3)34(46)50-32-12-9-27-29(32)18-24(39)19-33(27)52(48,49)44-26-8-10-30(40)28(20-26)22-7-11-31-23(17-22)21-41-35(43-31)42-25-13-15-45(16-14-25)36(47)51-38(4,5)6/h7-8,10-11,17-21,25,32,44H,9,12-16H2,1-6H3,(H,41,42,43)/t32-/m1/s1. The van der Waals surface area contributed by atoms with Crippen LogP contribution >= 0.6 is 11.6 Å². The van der Waals surface area contributed by atoms with Gasteiger partial charge in [0, 0.05) is 47.0 Å². The van der Waals surface area contributed by atoms with E-state index in [-0.39, 0.29) is 33.3 Å². The van der Waals surface area contributed by atoms with Gasteiger partial charge in [-0.25, -0.2) is 27.6 Å². The first-order valence-electron chi connectivity index (χ1n) is 17.2. The molecule has 4 aromatic rings. The molecule has 0 radical (unpaired) electrons. The van der Waals surface area contributed by atoms with Gasteiger partial charge in [0.1, 0.15) is 17.5 Å². The molecule has 276 valence electrons. The Morgan fingerprint density at radius 3 is 2.40 bits per heavy atom. The summed E-state index contributed by atoms with van der Waals surface area (Å²) < 4.78 is 56.6. The normalized spacial score (nSPS) is 16.8. The van der Waals surface area contributed by atoms with Crippen molar-refractivity contribution in [2.75, 3.05) is 23.1 Å². The lowest BCUT2D eigenvalue weighted by Gasteiger charge is -2.33. The topological polar surface area (TPSA) is 140 Å². The summed E-state index contributed by atoms with van der Waals surface area (Å²) in [6.45, 7) is 11.9. The summed E-state index contributed by atoms with van der Waals surface area (Å²) in [4.78, 5) is 35.8.